The molecule has 1 aliphatic heterocycles. The van der Waals surface area contributed by atoms with E-state index in [1.807, 2.05) is 26.8 Å². The number of rotatable bonds is 6. The molecule has 0 radical (unpaired) electrons. The van der Waals surface area contributed by atoms with Crippen LogP contribution in [-0.2, 0) is 10.0 Å². The van der Waals surface area contributed by atoms with Gasteiger partial charge in [0, 0.05) is 44.0 Å². The van der Waals surface area contributed by atoms with Gasteiger partial charge in [-0.3, -0.25) is 4.99 Å². The zero-order valence-electron chi connectivity index (χ0n) is 16.6. The predicted molar refractivity (Wildman–Crippen MR) is 124 cm³/mol. The Labute approximate surface area is 180 Å². The summed E-state index contributed by atoms with van der Waals surface area (Å²) in [6.07, 6.45) is 1.17. The number of piperazine rings is 1. The van der Waals surface area contributed by atoms with Crippen molar-refractivity contribution in [2.24, 2.45) is 4.99 Å². The quantitative estimate of drug-likeness (QED) is 0.347. The van der Waals surface area contributed by atoms with Crippen LogP contribution in [0.2, 0.25) is 0 Å². The van der Waals surface area contributed by atoms with E-state index in [0.717, 1.165) is 38.7 Å². The summed E-state index contributed by atoms with van der Waals surface area (Å²) in [6, 6.07) is 10.4. The van der Waals surface area contributed by atoms with Gasteiger partial charge in [0.1, 0.15) is 0 Å². The first-order valence-corrected chi connectivity index (χ1v) is 10.9. The van der Waals surface area contributed by atoms with Crippen molar-refractivity contribution in [3.63, 3.8) is 0 Å². The average molecular weight is 509 g/mol. The number of hydrogen-bond acceptors (Lipinski definition) is 4. The fourth-order valence-electron chi connectivity index (χ4n) is 3.05. The van der Waals surface area contributed by atoms with Crippen LogP contribution in [0.15, 0.2) is 35.3 Å². The Hall–Kier alpha value is -1.07. The van der Waals surface area contributed by atoms with E-state index in [2.05, 4.69) is 49.1 Å². The van der Waals surface area contributed by atoms with Crippen LogP contribution in [0.5, 0.6) is 0 Å². The maximum Gasteiger partial charge on any atom is 0.209 e. The molecule has 0 spiro atoms. The molecule has 0 amide bonds. The Bertz CT molecular complexity index is 702. The van der Waals surface area contributed by atoms with Gasteiger partial charge in [0.2, 0.25) is 10.0 Å². The molecule has 2 N–H and O–H groups in total. The molecular formula is C18H32IN5O2S. The zero-order valence-corrected chi connectivity index (χ0v) is 19.8. The van der Waals surface area contributed by atoms with Crippen LogP contribution >= 0.6 is 24.0 Å². The van der Waals surface area contributed by atoms with Crippen molar-refractivity contribution in [2.45, 2.75) is 26.3 Å². The number of halogens is 1. The summed E-state index contributed by atoms with van der Waals surface area (Å²) in [5, 5.41) is 3.32. The molecule has 154 valence electrons. The van der Waals surface area contributed by atoms with E-state index in [-0.39, 0.29) is 24.0 Å². The summed E-state index contributed by atoms with van der Waals surface area (Å²) in [4.78, 5) is 9.28. The number of aliphatic imine (C=N–C) groups is 1. The Morgan fingerprint density at radius 1 is 1.15 bits per heavy atom. The third-order valence-electron chi connectivity index (χ3n) is 4.12. The summed E-state index contributed by atoms with van der Waals surface area (Å²) in [7, 11) is -3.26. The SMILES string of the molecule is CCNC(=NCC(C)(C)NS(C)(=O)=O)N1CCN(c2ccccc2)CC1.I. The number of para-hydroxylation sites is 1. The highest BCUT2D eigenvalue weighted by atomic mass is 127. The number of anilines is 1. The summed E-state index contributed by atoms with van der Waals surface area (Å²) < 4.78 is 25.6. The van der Waals surface area contributed by atoms with Gasteiger partial charge in [-0.15, -0.1) is 24.0 Å². The number of nitrogens with one attached hydrogen (secondary N) is 2. The monoisotopic (exact) mass is 509 g/mol. The second-order valence-corrected chi connectivity index (χ2v) is 8.99. The van der Waals surface area contributed by atoms with E-state index in [1.54, 1.807) is 0 Å². The Kier molecular flexibility index (Phi) is 9.29. The molecule has 0 saturated carbocycles. The number of sulfonamides is 1. The molecule has 27 heavy (non-hydrogen) atoms. The molecular weight excluding hydrogens is 477 g/mol. The molecule has 1 aromatic rings. The molecule has 0 atom stereocenters. The van der Waals surface area contributed by atoms with E-state index in [9.17, 15) is 8.42 Å². The van der Waals surface area contributed by atoms with E-state index >= 15 is 0 Å². The standard InChI is InChI=1S/C18H31N5O2S.HI/c1-5-19-17(20-15-18(2,3)21-26(4,24)25)23-13-11-22(12-14-23)16-9-7-6-8-10-16;/h6-10,21H,5,11-15H2,1-4H3,(H,19,20);1H. The van der Waals surface area contributed by atoms with Crippen molar-refractivity contribution in [1.82, 2.24) is 14.9 Å². The first-order chi connectivity index (χ1) is 12.2. The van der Waals surface area contributed by atoms with Crippen LogP contribution in [0, 0.1) is 0 Å². The molecule has 1 aromatic carbocycles. The Morgan fingerprint density at radius 3 is 2.26 bits per heavy atom. The van der Waals surface area contributed by atoms with Gasteiger partial charge >= 0.3 is 0 Å². The molecule has 1 saturated heterocycles. The van der Waals surface area contributed by atoms with Gasteiger partial charge in [0.15, 0.2) is 5.96 Å². The van der Waals surface area contributed by atoms with E-state index in [1.165, 1.54) is 11.9 Å². The molecule has 0 bridgehead atoms. The summed E-state index contributed by atoms with van der Waals surface area (Å²) >= 11 is 0. The molecule has 2 rings (SSSR count). The largest absolute Gasteiger partial charge is 0.368 e. The highest BCUT2D eigenvalue weighted by Gasteiger charge is 2.24. The third kappa shape index (κ3) is 8.22. The molecule has 0 aliphatic carbocycles. The van der Waals surface area contributed by atoms with Crippen molar-refractivity contribution >= 4 is 45.6 Å². The summed E-state index contributed by atoms with van der Waals surface area (Å²) in [5.41, 5.74) is 0.618. The minimum Gasteiger partial charge on any atom is -0.368 e. The second-order valence-electron chi connectivity index (χ2n) is 7.24. The van der Waals surface area contributed by atoms with Crippen molar-refractivity contribution in [1.29, 1.82) is 0 Å². The van der Waals surface area contributed by atoms with Crippen LogP contribution in [0.4, 0.5) is 5.69 Å². The smallest absolute Gasteiger partial charge is 0.209 e. The molecule has 7 nitrogen and oxygen atoms in total. The van der Waals surface area contributed by atoms with Crippen molar-refractivity contribution in [2.75, 3.05) is 50.4 Å². The van der Waals surface area contributed by atoms with Crippen molar-refractivity contribution < 1.29 is 8.42 Å². The first kappa shape index (κ1) is 24.0. The van der Waals surface area contributed by atoms with Gasteiger partial charge in [-0.25, -0.2) is 13.1 Å². The average Bonchev–Trinajstić information content (AvgIpc) is 2.57. The summed E-state index contributed by atoms with van der Waals surface area (Å²) in [6.45, 7) is 10.5. The van der Waals surface area contributed by atoms with Gasteiger partial charge in [0.25, 0.3) is 0 Å². The van der Waals surface area contributed by atoms with Crippen molar-refractivity contribution in [3.05, 3.63) is 30.3 Å². The molecule has 9 heteroatoms. The van der Waals surface area contributed by atoms with Gasteiger partial charge in [-0.1, -0.05) is 18.2 Å². The van der Waals surface area contributed by atoms with Crippen LogP contribution < -0.4 is 14.9 Å². The minimum absolute atomic E-state index is 0. The molecule has 1 aliphatic rings. The number of nitrogens with zero attached hydrogens (tertiary/aromatic N) is 3. The molecule has 1 fully saturated rings. The fraction of sp³-hybridized carbons (Fsp3) is 0.611. The van der Waals surface area contributed by atoms with Crippen LogP contribution in [0.25, 0.3) is 0 Å². The fourth-order valence-corrected chi connectivity index (χ4v) is 4.12. The summed E-state index contributed by atoms with van der Waals surface area (Å²) in [5.74, 6) is 0.837. The van der Waals surface area contributed by atoms with Crippen LogP contribution in [-0.4, -0.2) is 70.3 Å². The lowest BCUT2D eigenvalue weighted by Gasteiger charge is -2.38. The van der Waals surface area contributed by atoms with Gasteiger partial charge in [0.05, 0.1) is 12.8 Å². The van der Waals surface area contributed by atoms with E-state index in [0.29, 0.717) is 6.54 Å². The van der Waals surface area contributed by atoms with Gasteiger partial charge in [-0.2, -0.15) is 0 Å². The van der Waals surface area contributed by atoms with Crippen LogP contribution in [0.3, 0.4) is 0 Å². The lowest BCUT2D eigenvalue weighted by Crippen LogP contribution is -2.53. The van der Waals surface area contributed by atoms with Gasteiger partial charge in [-0.05, 0) is 32.9 Å². The minimum atomic E-state index is -3.26. The van der Waals surface area contributed by atoms with E-state index < -0.39 is 15.6 Å². The Morgan fingerprint density at radius 2 is 1.74 bits per heavy atom. The third-order valence-corrected chi connectivity index (χ3v) is 5.04. The lowest BCUT2D eigenvalue weighted by atomic mass is 10.1. The number of hydrogen-bond donors (Lipinski definition) is 2. The normalized spacial score (nSPS) is 16.1. The second kappa shape index (κ2) is 10.5. The highest BCUT2D eigenvalue weighted by Crippen LogP contribution is 2.15. The van der Waals surface area contributed by atoms with Crippen molar-refractivity contribution in [3.8, 4) is 0 Å². The number of benzene rings is 1. The highest BCUT2D eigenvalue weighted by molar-refractivity contribution is 14.0. The maximum atomic E-state index is 11.5. The first-order valence-electron chi connectivity index (χ1n) is 9.02. The lowest BCUT2D eigenvalue weighted by molar-refractivity contribution is 0.369. The van der Waals surface area contributed by atoms with E-state index in [4.69, 9.17) is 0 Å². The topological polar surface area (TPSA) is 77.0 Å². The zero-order chi connectivity index (χ0) is 19.2. The maximum absolute atomic E-state index is 11.5. The van der Waals surface area contributed by atoms with Crippen LogP contribution in [0.1, 0.15) is 20.8 Å². The molecule has 1 heterocycles. The van der Waals surface area contributed by atoms with Gasteiger partial charge < -0.3 is 15.1 Å². The number of guanidine groups is 1. The molecule has 0 aromatic heterocycles. The predicted octanol–water partition coefficient (Wildman–Crippen LogP) is 1.72. The molecule has 0 unspecified atom stereocenters. The Balaban J connectivity index is 0.00000364.